The van der Waals surface area contributed by atoms with Crippen molar-refractivity contribution in [3.8, 4) is 0 Å². The highest BCUT2D eigenvalue weighted by Crippen LogP contribution is 2.37. The molecule has 3 nitrogen and oxygen atoms in total. The van der Waals surface area contributed by atoms with E-state index in [0.717, 1.165) is 5.82 Å². The fourth-order valence-corrected chi connectivity index (χ4v) is 1.81. The van der Waals surface area contributed by atoms with Gasteiger partial charge in [-0.1, -0.05) is 6.92 Å². The van der Waals surface area contributed by atoms with E-state index in [2.05, 4.69) is 22.2 Å². The van der Waals surface area contributed by atoms with Gasteiger partial charge in [-0.05, 0) is 25.7 Å². The van der Waals surface area contributed by atoms with E-state index in [1.807, 2.05) is 0 Å². The summed E-state index contributed by atoms with van der Waals surface area (Å²) in [6.07, 6.45) is 10.2. The van der Waals surface area contributed by atoms with Crippen LogP contribution in [0, 0.1) is 0 Å². The third kappa shape index (κ3) is 1.64. The molecule has 1 heterocycles. The highest BCUT2D eigenvalue weighted by Gasteiger charge is 2.34. The molecule has 0 unspecified atom stereocenters. The maximum Gasteiger partial charge on any atom is 0.144 e. The first-order valence-corrected chi connectivity index (χ1v) is 4.89. The average molecular weight is 177 g/mol. The zero-order chi connectivity index (χ0) is 9.15. The maximum atomic E-state index is 4.22. The average Bonchev–Trinajstić information content (AvgIpc) is 2.13. The molecule has 0 amide bonds. The summed E-state index contributed by atoms with van der Waals surface area (Å²) in [5.74, 6) is 0.907. The first-order chi connectivity index (χ1) is 6.35. The van der Waals surface area contributed by atoms with Crippen LogP contribution >= 0.6 is 0 Å². The molecule has 1 aromatic heterocycles. The lowest BCUT2D eigenvalue weighted by atomic mass is 9.75. The normalized spacial score (nSPS) is 19.2. The van der Waals surface area contributed by atoms with E-state index in [1.54, 1.807) is 18.6 Å². The van der Waals surface area contributed by atoms with Crippen LogP contribution in [0.2, 0.25) is 0 Å². The number of nitrogens with zero attached hydrogens (tertiary/aromatic N) is 2. The minimum absolute atomic E-state index is 0.316. The molecule has 13 heavy (non-hydrogen) atoms. The lowest BCUT2D eigenvalue weighted by molar-refractivity contribution is 0.268. The van der Waals surface area contributed by atoms with Crippen LogP contribution in [0.15, 0.2) is 18.6 Å². The molecule has 1 aliphatic rings. The zero-order valence-corrected chi connectivity index (χ0v) is 7.95. The molecule has 3 heteroatoms. The Morgan fingerprint density at radius 3 is 2.77 bits per heavy atom. The van der Waals surface area contributed by atoms with Gasteiger partial charge in [0.1, 0.15) is 5.82 Å². The Morgan fingerprint density at radius 2 is 2.31 bits per heavy atom. The highest BCUT2D eigenvalue weighted by molar-refractivity contribution is 5.35. The monoisotopic (exact) mass is 177 g/mol. The Labute approximate surface area is 78.6 Å². The van der Waals surface area contributed by atoms with Crippen LogP contribution in [-0.2, 0) is 0 Å². The second-order valence-electron chi connectivity index (χ2n) is 3.70. The standard InChI is InChI=1S/C10H15N3/c1-2-10(4-3-5-10)13-9-8-11-6-7-12-9/h6-8H,2-5H2,1H3,(H,12,13). The van der Waals surface area contributed by atoms with E-state index in [4.69, 9.17) is 0 Å². The Balaban J connectivity index is 2.05. The molecule has 0 spiro atoms. The van der Waals surface area contributed by atoms with Gasteiger partial charge < -0.3 is 5.32 Å². The van der Waals surface area contributed by atoms with Crippen LogP contribution in [-0.4, -0.2) is 15.5 Å². The Kier molecular flexibility index (Phi) is 2.17. The fourth-order valence-electron chi connectivity index (χ4n) is 1.81. The van der Waals surface area contributed by atoms with Gasteiger partial charge in [-0.2, -0.15) is 0 Å². The Morgan fingerprint density at radius 1 is 1.46 bits per heavy atom. The van der Waals surface area contributed by atoms with Crippen molar-refractivity contribution >= 4 is 5.82 Å². The Hall–Kier alpha value is -1.12. The molecule has 1 aliphatic carbocycles. The van der Waals surface area contributed by atoms with Crippen molar-refractivity contribution in [1.82, 2.24) is 9.97 Å². The summed E-state index contributed by atoms with van der Waals surface area (Å²) in [7, 11) is 0. The summed E-state index contributed by atoms with van der Waals surface area (Å²) in [6.45, 7) is 2.22. The minimum atomic E-state index is 0.316. The van der Waals surface area contributed by atoms with Crippen LogP contribution in [0.4, 0.5) is 5.82 Å². The van der Waals surface area contributed by atoms with Crippen molar-refractivity contribution in [3.05, 3.63) is 18.6 Å². The fraction of sp³-hybridized carbons (Fsp3) is 0.600. The van der Waals surface area contributed by atoms with Crippen LogP contribution < -0.4 is 5.32 Å². The molecule has 0 aliphatic heterocycles. The lowest BCUT2D eigenvalue weighted by Gasteiger charge is -2.42. The van der Waals surface area contributed by atoms with E-state index in [-0.39, 0.29) is 0 Å². The zero-order valence-electron chi connectivity index (χ0n) is 7.95. The van der Waals surface area contributed by atoms with Crippen molar-refractivity contribution in [2.45, 2.75) is 38.1 Å². The van der Waals surface area contributed by atoms with E-state index in [0.29, 0.717) is 5.54 Å². The molecule has 1 fully saturated rings. The first-order valence-electron chi connectivity index (χ1n) is 4.89. The number of hydrogen-bond donors (Lipinski definition) is 1. The van der Waals surface area contributed by atoms with Gasteiger partial charge in [0.15, 0.2) is 0 Å². The highest BCUT2D eigenvalue weighted by atomic mass is 15.1. The number of aromatic nitrogens is 2. The van der Waals surface area contributed by atoms with Gasteiger partial charge in [0.25, 0.3) is 0 Å². The van der Waals surface area contributed by atoms with Crippen molar-refractivity contribution in [2.24, 2.45) is 0 Å². The number of rotatable bonds is 3. The molecule has 0 aromatic carbocycles. The second-order valence-corrected chi connectivity index (χ2v) is 3.70. The summed E-state index contributed by atoms with van der Waals surface area (Å²) in [5, 5.41) is 3.47. The molecule has 70 valence electrons. The molecule has 0 bridgehead atoms. The van der Waals surface area contributed by atoms with E-state index >= 15 is 0 Å². The van der Waals surface area contributed by atoms with Crippen molar-refractivity contribution in [2.75, 3.05) is 5.32 Å². The van der Waals surface area contributed by atoms with Gasteiger partial charge in [-0.15, -0.1) is 0 Å². The molecule has 0 radical (unpaired) electrons. The number of anilines is 1. The predicted molar refractivity (Wildman–Crippen MR) is 52.5 cm³/mol. The SMILES string of the molecule is CCC1(Nc2cnccn2)CCC1. The quantitative estimate of drug-likeness (QED) is 0.769. The summed E-state index contributed by atoms with van der Waals surface area (Å²) in [5.41, 5.74) is 0.316. The smallest absolute Gasteiger partial charge is 0.144 e. The van der Waals surface area contributed by atoms with E-state index < -0.39 is 0 Å². The van der Waals surface area contributed by atoms with Crippen LogP contribution in [0.5, 0.6) is 0 Å². The van der Waals surface area contributed by atoms with E-state index in [1.165, 1.54) is 25.7 Å². The van der Waals surface area contributed by atoms with Crippen molar-refractivity contribution in [3.63, 3.8) is 0 Å². The van der Waals surface area contributed by atoms with Crippen molar-refractivity contribution in [1.29, 1.82) is 0 Å². The van der Waals surface area contributed by atoms with Gasteiger partial charge in [0.05, 0.1) is 6.20 Å². The summed E-state index contributed by atoms with van der Waals surface area (Å²) in [4.78, 5) is 8.26. The first kappa shape index (κ1) is 8.48. The number of nitrogens with one attached hydrogen (secondary N) is 1. The second kappa shape index (κ2) is 3.32. The molecular weight excluding hydrogens is 162 g/mol. The summed E-state index contributed by atoms with van der Waals surface area (Å²) < 4.78 is 0. The van der Waals surface area contributed by atoms with Crippen LogP contribution in [0.25, 0.3) is 0 Å². The predicted octanol–water partition coefficient (Wildman–Crippen LogP) is 2.22. The minimum Gasteiger partial charge on any atom is -0.363 e. The van der Waals surface area contributed by atoms with Gasteiger partial charge in [0, 0.05) is 17.9 Å². The molecular formula is C10H15N3. The van der Waals surface area contributed by atoms with Gasteiger partial charge in [-0.3, -0.25) is 4.98 Å². The van der Waals surface area contributed by atoms with Crippen LogP contribution in [0.3, 0.4) is 0 Å². The largest absolute Gasteiger partial charge is 0.363 e. The Bertz CT molecular complexity index is 261. The molecule has 1 saturated carbocycles. The topological polar surface area (TPSA) is 37.8 Å². The van der Waals surface area contributed by atoms with E-state index in [9.17, 15) is 0 Å². The molecule has 0 atom stereocenters. The van der Waals surface area contributed by atoms with Crippen LogP contribution in [0.1, 0.15) is 32.6 Å². The third-order valence-electron chi connectivity index (χ3n) is 2.94. The van der Waals surface area contributed by atoms with Gasteiger partial charge in [-0.25, -0.2) is 4.98 Å². The molecule has 2 rings (SSSR count). The van der Waals surface area contributed by atoms with Crippen molar-refractivity contribution < 1.29 is 0 Å². The maximum absolute atomic E-state index is 4.22. The lowest BCUT2D eigenvalue weighted by Crippen LogP contribution is -2.44. The third-order valence-corrected chi connectivity index (χ3v) is 2.94. The molecule has 1 aromatic rings. The molecule has 1 N–H and O–H groups in total. The van der Waals surface area contributed by atoms with Gasteiger partial charge >= 0.3 is 0 Å². The summed E-state index contributed by atoms with van der Waals surface area (Å²) in [6, 6.07) is 0. The summed E-state index contributed by atoms with van der Waals surface area (Å²) >= 11 is 0. The number of hydrogen-bond acceptors (Lipinski definition) is 3. The molecule has 0 saturated heterocycles. The van der Waals surface area contributed by atoms with Gasteiger partial charge in [0.2, 0.25) is 0 Å².